The summed E-state index contributed by atoms with van der Waals surface area (Å²) in [5.74, 6) is 1.29. The van der Waals surface area contributed by atoms with Crippen LogP contribution in [0.2, 0.25) is 0 Å². The van der Waals surface area contributed by atoms with Crippen LogP contribution in [-0.2, 0) is 15.3 Å². The molecule has 0 spiro atoms. The normalized spacial score (nSPS) is 10.8. The quantitative estimate of drug-likeness (QED) is 0.263. The molecule has 4 heteroatoms. The zero-order valence-electron chi connectivity index (χ0n) is 16.4. The fraction of sp³-hybridized carbons (Fsp3) is 0.682. The predicted octanol–water partition coefficient (Wildman–Crippen LogP) is 6.48. The van der Waals surface area contributed by atoms with Crippen LogP contribution < -0.4 is 0 Å². The van der Waals surface area contributed by atoms with E-state index in [-0.39, 0.29) is 11.7 Å². The van der Waals surface area contributed by atoms with E-state index in [9.17, 15) is 9.90 Å². The maximum Gasteiger partial charge on any atom is 0.315 e. The molecule has 1 aromatic rings. The first-order valence-electron chi connectivity index (χ1n) is 10.2. The van der Waals surface area contributed by atoms with Gasteiger partial charge in [0, 0.05) is 5.75 Å². The first kappa shape index (κ1) is 22.9. The molecule has 0 saturated carbocycles. The molecule has 1 rings (SSSR count). The lowest BCUT2D eigenvalue weighted by Crippen LogP contribution is -2.08. The van der Waals surface area contributed by atoms with E-state index in [1.165, 1.54) is 57.8 Å². The Hall–Kier alpha value is -1.16. The van der Waals surface area contributed by atoms with Gasteiger partial charge in [0.2, 0.25) is 0 Å². The third kappa shape index (κ3) is 13.1. The van der Waals surface area contributed by atoms with E-state index in [2.05, 4.69) is 6.92 Å². The highest BCUT2D eigenvalue weighted by atomic mass is 32.2. The standard InChI is InChI=1S/C22H36O3S/c1-2-3-4-5-6-7-8-9-10-11-12-17-25-22(24)19-26-18-20-13-15-21(23)16-14-20/h13-16,23H,2-12,17-19H2,1H3. The minimum atomic E-state index is -0.124. The first-order valence-corrected chi connectivity index (χ1v) is 11.4. The SMILES string of the molecule is CCCCCCCCCCCCCOC(=O)CSCc1ccc(O)cc1. The molecule has 1 N–H and O–H groups in total. The van der Waals surface area contributed by atoms with Gasteiger partial charge < -0.3 is 9.84 Å². The number of thioether (sulfide) groups is 1. The molecule has 1 aromatic carbocycles. The van der Waals surface area contributed by atoms with Gasteiger partial charge in [0.1, 0.15) is 5.75 Å². The van der Waals surface area contributed by atoms with Gasteiger partial charge in [-0.25, -0.2) is 0 Å². The van der Waals surface area contributed by atoms with E-state index in [1.807, 2.05) is 12.1 Å². The highest BCUT2D eigenvalue weighted by Crippen LogP contribution is 2.16. The summed E-state index contributed by atoms with van der Waals surface area (Å²) in [6, 6.07) is 7.08. The average molecular weight is 381 g/mol. The number of ether oxygens (including phenoxy) is 1. The Labute approximate surface area is 163 Å². The molecular formula is C22H36O3S. The molecule has 0 fully saturated rings. The number of aromatic hydroxyl groups is 1. The number of hydrogen-bond acceptors (Lipinski definition) is 4. The Bertz CT molecular complexity index is 459. The molecule has 0 aromatic heterocycles. The van der Waals surface area contributed by atoms with Crippen LogP contribution in [-0.4, -0.2) is 23.4 Å². The van der Waals surface area contributed by atoms with Gasteiger partial charge in [-0.2, -0.15) is 0 Å². The predicted molar refractivity (Wildman–Crippen MR) is 112 cm³/mol. The molecule has 3 nitrogen and oxygen atoms in total. The minimum absolute atomic E-state index is 0.124. The molecule has 148 valence electrons. The molecule has 0 aliphatic heterocycles. The maximum atomic E-state index is 11.7. The Morgan fingerprint density at radius 2 is 1.42 bits per heavy atom. The van der Waals surface area contributed by atoms with Gasteiger partial charge in [0.15, 0.2) is 0 Å². The third-order valence-corrected chi connectivity index (χ3v) is 5.41. The summed E-state index contributed by atoms with van der Waals surface area (Å²) >= 11 is 1.55. The number of benzene rings is 1. The number of phenolic OH excluding ortho intramolecular Hbond substituents is 1. The summed E-state index contributed by atoms with van der Waals surface area (Å²) in [5, 5.41) is 9.23. The van der Waals surface area contributed by atoms with Crippen LogP contribution >= 0.6 is 11.8 Å². The summed E-state index contributed by atoms with van der Waals surface area (Å²) in [7, 11) is 0. The summed E-state index contributed by atoms with van der Waals surface area (Å²) < 4.78 is 5.28. The second kappa shape index (κ2) is 16.0. The van der Waals surface area contributed by atoms with Gasteiger partial charge in [-0.15, -0.1) is 11.8 Å². The van der Waals surface area contributed by atoms with Crippen molar-refractivity contribution in [2.75, 3.05) is 12.4 Å². The van der Waals surface area contributed by atoms with Gasteiger partial charge in [-0.3, -0.25) is 4.79 Å². The van der Waals surface area contributed by atoms with Crippen LogP contribution in [0.3, 0.4) is 0 Å². The zero-order chi connectivity index (χ0) is 18.9. The van der Waals surface area contributed by atoms with Gasteiger partial charge in [-0.05, 0) is 24.1 Å². The molecule has 26 heavy (non-hydrogen) atoms. The van der Waals surface area contributed by atoms with Gasteiger partial charge in [0.25, 0.3) is 0 Å². The molecular weight excluding hydrogens is 344 g/mol. The molecule has 0 aliphatic carbocycles. The molecule has 0 bridgehead atoms. The van der Waals surface area contributed by atoms with Crippen molar-refractivity contribution in [2.45, 2.75) is 83.3 Å². The van der Waals surface area contributed by atoms with E-state index in [4.69, 9.17) is 4.74 Å². The average Bonchev–Trinajstić information content (AvgIpc) is 2.64. The number of esters is 1. The Morgan fingerprint density at radius 3 is 2.00 bits per heavy atom. The van der Waals surface area contributed by atoms with Crippen molar-refractivity contribution in [2.24, 2.45) is 0 Å². The van der Waals surface area contributed by atoms with Crippen LogP contribution in [0.4, 0.5) is 0 Å². The lowest BCUT2D eigenvalue weighted by atomic mass is 10.1. The number of phenols is 1. The monoisotopic (exact) mass is 380 g/mol. The fourth-order valence-corrected chi connectivity index (χ4v) is 3.62. The highest BCUT2D eigenvalue weighted by Gasteiger charge is 2.03. The molecule has 0 heterocycles. The van der Waals surface area contributed by atoms with Crippen LogP contribution in [0.15, 0.2) is 24.3 Å². The topological polar surface area (TPSA) is 46.5 Å². The van der Waals surface area contributed by atoms with Crippen LogP contribution in [0, 0.1) is 0 Å². The number of carbonyl (C=O) groups is 1. The summed E-state index contributed by atoms with van der Waals surface area (Å²) in [5.41, 5.74) is 1.10. The second-order valence-corrected chi connectivity index (χ2v) is 7.90. The van der Waals surface area contributed by atoms with Crippen LogP contribution in [0.5, 0.6) is 5.75 Å². The maximum absolute atomic E-state index is 11.7. The van der Waals surface area contributed by atoms with Crippen molar-refractivity contribution < 1.29 is 14.6 Å². The Kier molecular flexibility index (Phi) is 14.1. The van der Waals surface area contributed by atoms with E-state index in [0.29, 0.717) is 12.4 Å². The van der Waals surface area contributed by atoms with Crippen molar-refractivity contribution in [3.63, 3.8) is 0 Å². The fourth-order valence-electron chi connectivity index (χ4n) is 2.84. The third-order valence-electron chi connectivity index (χ3n) is 4.44. The molecule has 0 unspecified atom stereocenters. The van der Waals surface area contributed by atoms with Gasteiger partial charge >= 0.3 is 5.97 Å². The Balaban J connectivity index is 1.84. The van der Waals surface area contributed by atoms with Crippen LogP contribution in [0.1, 0.15) is 83.1 Å². The molecule has 0 amide bonds. The summed E-state index contributed by atoms with van der Waals surface area (Å²) in [4.78, 5) is 11.7. The van der Waals surface area contributed by atoms with Crippen molar-refractivity contribution >= 4 is 17.7 Å². The van der Waals surface area contributed by atoms with Crippen molar-refractivity contribution in [1.82, 2.24) is 0 Å². The van der Waals surface area contributed by atoms with Crippen molar-refractivity contribution in [3.05, 3.63) is 29.8 Å². The van der Waals surface area contributed by atoms with Crippen molar-refractivity contribution in [1.29, 1.82) is 0 Å². The second-order valence-electron chi connectivity index (χ2n) is 6.92. The van der Waals surface area contributed by atoms with Crippen LogP contribution in [0.25, 0.3) is 0 Å². The van der Waals surface area contributed by atoms with E-state index in [0.717, 1.165) is 24.2 Å². The van der Waals surface area contributed by atoms with Gasteiger partial charge in [0.05, 0.1) is 12.4 Å². The number of carbonyl (C=O) groups excluding carboxylic acids is 1. The largest absolute Gasteiger partial charge is 0.508 e. The zero-order valence-corrected chi connectivity index (χ0v) is 17.2. The molecule has 0 atom stereocenters. The molecule has 0 radical (unpaired) electrons. The van der Waals surface area contributed by atoms with Crippen molar-refractivity contribution in [3.8, 4) is 5.75 Å². The van der Waals surface area contributed by atoms with E-state index < -0.39 is 0 Å². The lowest BCUT2D eigenvalue weighted by Gasteiger charge is -2.05. The number of unbranched alkanes of at least 4 members (excludes halogenated alkanes) is 10. The number of rotatable bonds is 16. The highest BCUT2D eigenvalue weighted by molar-refractivity contribution is 7.99. The lowest BCUT2D eigenvalue weighted by molar-refractivity contribution is -0.140. The van der Waals surface area contributed by atoms with E-state index >= 15 is 0 Å². The minimum Gasteiger partial charge on any atom is -0.508 e. The smallest absolute Gasteiger partial charge is 0.315 e. The number of hydrogen-bond donors (Lipinski definition) is 1. The Morgan fingerprint density at radius 1 is 0.885 bits per heavy atom. The first-order chi connectivity index (χ1) is 12.7. The molecule has 0 aliphatic rings. The summed E-state index contributed by atoms with van der Waals surface area (Å²) in [6.07, 6.45) is 14.3. The van der Waals surface area contributed by atoms with E-state index in [1.54, 1.807) is 23.9 Å². The summed E-state index contributed by atoms with van der Waals surface area (Å²) in [6.45, 7) is 2.81. The molecule has 0 saturated heterocycles. The van der Waals surface area contributed by atoms with Gasteiger partial charge in [-0.1, -0.05) is 83.3 Å².